The lowest BCUT2D eigenvalue weighted by Crippen LogP contribution is -2.13. The summed E-state index contributed by atoms with van der Waals surface area (Å²) in [5.41, 5.74) is 1.96. The van der Waals surface area contributed by atoms with Crippen molar-refractivity contribution in [2.24, 2.45) is 0 Å². The summed E-state index contributed by atoms with van der Waals surface area (Å²) in [4.78, 5) is 25.9. The summed E-state index contributed by atoms with van der Waals surface area (Å²) in [6, 6.07) is 14.3. The Kier molecular flexibility index (Phi) is 5.07. The van der Waals surface area contributed by atoms with Crippen LogP contribution >= 0.6 is 0 Å². The molecule has 0 spiro atoms. The molecule has 114 valence electrons. The third-order valence-corrected chi connectivity index (χ3v) is 3.08. The lowest BCUT2D eigenvalue weighted by atomic mass is 10.00. The zero-order valence-corrected chi connectivity index (χ0v) is 13.0. The van der Waals surface area contributed by atoms with Gasteiger partial charge < -0.3 is 9.64 Å². The van der Waals surface area contributed by atoms with Crippen molar-refractivity contribution < 1.29 is 14.3 Å². The van der Waals surface area contributed by atoms with Crippen LogP contribution in [-0.4, -0.2) is 30.7 Å². The van der Waals surface area contributed by atoms with E-state index in [2.05, 4.69) is 0 Å². The van der Waals surface area contributed by atoms with Crippen molar-refractivity contribution in [1.82, 2.24) is 4.90 Å². The maximum atomic E-state index is 12.7. The Labute approximate surface area is 130 Å². The van der Waals surface area contributed by atoms with Gasteiger partial charge >= 0.3 is 5.97 Å². The predicted molar refractivity (Wildman–Crippen MR) is 85.0 cm³/mol. The van der Waals surface area contributed by atoms with E-state index < -0.39 is 5.97 Å². The first-order valence-corrected chi connectivity index (χ1v) is 7.03. The van der Waals surface area contributed by atoms with Crippen LogP contribution in [-0.2, 0) is 11.3 Å². The molecule has 0 unspecified atom stereocenters. The first-order valence-electron chi connectivity index (χ1n) is 7.03. The van der Waals surface area contributed by atoms with Gasteiger partial charge in [0.1, 0.15) is 5.75 Å². The molecule has 2 aromatic rings. The molecule has 2 rings (SSSR count). The van der Waals surface area contributed by atoms with Crippen molar-refractivity contribution in [3.05, 3.63) is 65.2 Å². The molecule has 0 fully saturated rings. The monoisotopic (exact) mass is 297 g/mol. The molecule has 0 bridgehead atoms. The number of ketones is 1. The Bertz CT molecular complexity index is 678. The van der Waals surface area contributed by atoms with Crippen molar-refractivity contribution >= 4 is 11.8 Å². The van der Waals surface area contributed by atoms with Crippen LogP contribution in [0, 0.1) is 0 Å². The van der Waals surface area contributed by atoms with Gasteiger partial charge in [-0.1, -0.05) is 36.4 Å². The molecule has 0 heterocycles. The fraction of sp³-hybridized carbons (Fsp3) is 0.222. The summed E-state index contributed by atoms with van der Waals surface area (Å²) in [6.45, 7) is 2.03. The van der Waals surface area contributed by atoms with Crippen molar-refractivity contribution in [3.8, 4) is 5.75 Å². The lowest BCUT2D eigenvalue weighted by molar-refractivity contribution is -0.131. The average molecular weight is 297 g/mol. The largest absolute Gasteiger partial charge is 0.426 e. The van der Waals surface area contributed by atoms with Crippen molar-refractivity contribution in [3.63, 3.8) is 0 Å². The first kappa shape index (κ1) is 15.9. The Hall–Kier alpha value is -2.46. The van der Waals surface area contributed by atoms with Crippen LogP contribution in [0.1, 0.15) is 28.4 Å². The summed E-state index contributed by atoms with van der Waals surface area (Å²) in [5, 5.41) is 0. The minimum absolute atomic E-state index is 0.155. The molecule has 0 aliphatic heterocycles. The van der Waals surface area contributed by atoms with E-state index in [1.54, 1.807) is 24.3 Å². The van der Waals surface area contributed by atoms with Crippen LogP contribution in [0.2, 0.25) is 0 Å². The van der Waals surface area contributed by atoms with Crippen LogP contribution in [0.3, 0.4) is 0 Å². The third-order valence-electron chi connectivity index (χ3n) is 3.08. The molecule has 0 saturated carbocycles. The van der Waals surface area contributed by atoms with Crippen LogP contribution in [0.5, 0.6) is 5.75 Å². The van der Waals surface area contributed by atoms with E-state index in [1.807, 2.05) is 43.3 Å². The van der Waals surface area contributed by atoms with Crippen LogP contribution in [0.25, 0.3) is 0 Å². The van der Waals surface area contributed by atoms with Crippen LogP contribution in [0.15, 0.2) is 48.5 Å². The van der Waals surface area contributed by atoms with Gasteiger partial charge in [0.25, 0.3) is 0 Å². The number of esters is 1. The molecule has 4 nitrogen and oxygen atoms in total. The maximum Gasteiger partial charge on any atom is 0.308 e. The van der Waals surface area contributed by atoms with Crippen LogP contribution < -0.4 is 4.74 Å². The smallest absolute Gasteiger partial charge is 0.308 e. The van der Waals surface area contributed by atoms with Gasteiger partial charge in [-0.3, -0.25) is 9.59 Å². The number of nitrogens with zero attached hydrogens (tertiary/aromatic N) is 1. The van der Waals surface area contributed by atoms with Gasteiger partial charge in [0.2, 0.25) is 0 Å². The number of carbonyl (C=O) groups is 2. The highest BCUT2D eigenvalue weighted by molar-refractivity contribution is 6.11. The molecule has 0 amide bonds. The molecular weight excluding hydrogens is 278 g/mol. The number of benzene rings is 2. The molecule has 0 N–H and O–H groups in total. The summed E-state index contributed by atoms with van der Waals surface area (Å²) in [5.74, 6) is -0.302. The van der Waals surface area contributed by atoms with Gasteiger partial charge in [0.05, 0.1) is 5.56 Å². The van der Waals surface area contributed by atoms with E-state index in [4.69, 9.17) is 4.74 Å². The molecule has 0 saturated heterocycles. The van der Waals surface area contributed by atoms with Gasteiger partial charge in [-0.2, -0.15) is 0 Å². The summed E-state index contributed by atoms with van der Waals surface area (Å²) < 4.78 is 5.17. The van der Waals surface area contributed by atoms with Gasteiger partial charge in [-0.15, -0.1) is 0 Å². The van der Waals surface area contributed by atoms with Gasteiger partial charge in [-0.25, -0.2) is 0 Å². The number of rotatable bonds is 5. The third kappa shape index (κ3) is 4.02. The molecule has 0 atom stereocenters. The molecule has 22 heavy (non-hydrogen) atoms. The number of hydrogen-bond donors (Lipinski definition) is 0. The molecule has 0 radical (unpaired) electrons. The average Bonchev–Trinajstić information content (AvgIpc) is 2.48. The van der Waals surface area contributed by atoms with E-state index in [0.29, 0.717) is 23.4 Å². The van der Waals surface area contributed by atoms with E-state index in [0.717, 1.165) is 5.56 Å². The van der Waals surface area contributed by atoms with E-state index >= 15 is 0 Å². The fourth-order valence-corrected chi connectivity index (χ4v) is 2.21. The lowest BCUT2D eigenvalue weighted by Gasteiger charge is -2.13. The van der Waals surface area contributed by atoms with E-state index in [9.17, 15) is 9.59 Å². The fourth-order valence-electron chi connectivity index (χ4n) is 2.21. The van der Waals surface area contributed by atoms with Gasteiger partial charge in [-0.05, 0) is 31.8 Å². The summed E-state index contributed by atoms with van der Waals surface area (Å²) in [6.07, 6.45) is 0. The number of carbonyl (C=O) groups excluding carboxylic acids is 2. The minimum atomic E-state index is -0.442. The van der Waals surface area contributed by atoms with Crippen LogP contribution in [0.4, 0.5) is 0 Å². The maximum absolute atomic E-state index is 12.7. The Balaban J connectivity index is 2.44. The Morgan fingerprint density at radius 2 is 1.73 bits per heavy atom. The number of hydrogen-bond acceptors (Lipinski definition) is 4. The second kappa shape index (κ2) is 7.00. The molecule has 0 aliphatic carbocycles. The predicted octanol–water partition coefficient (Wildman–Crippen LogP) is 2.90. The van der Waals surface area contributed by atoms with Gasteiger partial charge in [0, 0.05) is 19.0 Å². The van der Waals surface area contributed by atoms with Gasteiger partial charge in [0.15, 0.2) is 5.78 Å². The zero-order valence-electron chi connectivity index (χ0n) is 13.0. The first-order chi connectivity index (χ1) is 10.5. The molecule has 2 aromatic carbocycles. The van der Waals surface area contributed by atoms with E-state index in [-0.39, 0.29) is 5.78 Å². The molecule has 0 aliphatic rings. The quantitative estimate of drug-likeness (QED) is 0.483. The topological polar surface area (TPSA) is 46.6 Å². The Morgan fingerprint density at radius 1 is 1.05 bits per heavy atom. The van der Waals surface area contributed by atoms with E-state index in [1.165, 1.54) is 6.92 Å². The normalized spacial score (nSPS) is 10.5. The minimum Gasteiger partial charge on any atom is -0.426 e. The van der Waals surface area contributed by atoms with Crippen molar-refractivity contribution in [1.29, 1.82) is 0 Å². The van der Waals surface area contributed by atoms with Crippen molar-refractivity contribution in [2.45, 2.75) is 13.5 Å². The molecule has 0 aromatic heterocycles. The zero-order chi connectivity index (χ0) is 16.1. The van der Waals surface area contributed by atoms with Crippen molar-refractivity contribution in [2.75, 3.05) is 14.1 Å². The SMILES string of the molecule is CC(=O)Oc1ccc(CN(C)C)cc1C(=O)c1ccccc1. The second-order valence-electron chi connectivity index (χ2n) is 5.36. The number of ether oxygens (including phenoxy) is 1. The summed E-state index contributed by atoms with van der Waals surface area (Å²) in [7, 11) is 3.91. The highest BCUT2D eigenvalue weighted by Crippen LogP contribution is 2.24. The highest BCUT2D eigenvalue weighted by Gasteiger charge is 2.17. The second-order valence-corrected chi connectivity index (χ2v) is 5.36. The summed E-state index contributed by atoms with van der Waals surface area (Å²) >= 11 is 0. The molecule has 4 heteroatoms. The highest BCUT2D eigenvalue weighted by atomic mass is 16.5. The molecular formula is C18H19NO3. The standard InChI is InChI=1S/C18H19NO3/c1-13(20)22-17-10-9-14(12-19(2)3)11-16(17)18(21)15-7-5-4-6-8-15/h4-11H,12H2,1-3H3. The Morgan fingerprint density at radius 3 is 2.32 bits per heavy atom.